The first-order valence-corrected chi connectivity index (χ1v) is 6.35. The van der Waals surface area contributed by atoms with E-state index in [0.717, 1.165) is 6.54 Å². The van der Waals surface area contributed by atoms with Gasteiger partial charge in [0.1, 0.15) is 5.52 Å². The summed E-state index contributed by atoms with van der Waals surface area (Å²) in [6.45, 7) is 3.05. The molecular formula is C13H15N3O3. The molecule has 3 rings (SSSR count). The zero-order valence-corrected chi connectivity index (χ0v) is 10.7. The largest absolute Gasteiger partial charge is 0.423 e. The molecule has 0 amide bonds. The molecule has 0 unspecified atom stereocenters. The van der Waals surface area contributed by atoms with Gasteiger partial charge in [0.25, 0.3) is 11.7 Å². The second-order valence-electron chi connectivity index (χ2n) is 5.45. The maximum Gasteiger partial charge on any atom is 0.295 e. The van der Waals surface area contributed by atoms with Gasteiger partial charge in [-0.15, -0.1) is 0 Å². The summed E-state index contributed by atoms with van der Waals surface area (Å²) in [5.74, 6) is 0. The van der Waals surface area contributed by atoms with Crippen molar-refractivity contribution in [3.05, 3.63) is 28.3 Å². The topological polar surface area (TPSA) is 81.2 Å². The normalized spacial score (nSPS) is 17.1. The molecule has 0 aliphatic heterocycles. The van der Waals surface area contributed by atoms with Crippen LogP contribution in [0.4, 0.5) is 11.7 Å². The van der Waals surface area contributed by atoms with Crippen LogP contribution in [0.3, 0.4) is 0 Å². The number of nitro groups is 1. The first-order chi connectivity index (χ1) is 9.06. The van der Waals surface area contributed by atoms with Gasteiger partial charge in [-0.2, -0.15) is 4.98 Å². The van der Waals surface area contributed by atoms with Crippen LogP contribution in [0.5, 0.6) is 0 Å². The van der Waals surface area contributed by atoms with E-state index in [1.54, 1.807) is 6.07 Å². The van der Waals surface area contributed by atoms with E-state index in [1.807, 2.05) is 0 Å². The van der Waals surface area contributed by atoms with Crippen LogP contribution in [0.2, 0.25) is 0 Å². The number of aromatic nitrogens is 1. The van der Waals surface area contributed by atoms with E-state index < -0.39 is 4.92 Å². The molecule has 1 heterocycles. The van der Waals surface area contributed by atoms with Crippen LogP contribution < -0.4 is 5.32 Å². The van der Waals surface area contributed by atoms with Crippen LogP contribution in [0.25, 0.3) is 11.1 Å². The molecule has 0 saturated heterocycles. The predicted octanol–water partition coefficient (Wildman–Crippen LogP) is 3.34. The quantitative estimate of drug-likeness (QED) is 0.674. The molecule has 1 saturated carbocycles. The standard InChI is InChI=1S/C13H15N3O3/c1-13(5-2-6-13)8-14-12-15-10-4-3-9(16(17)18)7-11(10)19-12/h3-4,7H,2,5-6,8H2,1H3,(H,14,15). The van der Waals surface area contributed by atoms with Crippen molar-refractivity contribution in [3.63, 3.8) is 0 Å². The number of nitrogens with zero attached hydrogens (tertiary/aromatic N) is 2. The van der Waals surface area contributed by atoms with Crippen LogP contribution in [0.15, 0.2) is 22.6 Å². The summed E-state index contributed by atoms with van der Waals surface area (Å²) in [5.41, 5.74) is 1.41. The number of anilines is 1. The summed E-state index contributed by atoms with van der Waals surface area (Å²) < 4.78 is 5.50. The number of benzene rings is 1. The third kappa shape index (κ3) is 2.25. The molecule has 1 fully saturated rings. The van der Waals surface area contributed by atoms with Crippen molar-refractivity contribution in [2.24, 2.45) is 5.41 Å². The van der Waals surface area contributed by atoms with Crippen LogP contribution in [0.1, 0.15) is 26.2 Å². The molecule has 2 aromatic rings. The van der Waals surface area contributed by atoms with E-state index in [1.165, 1.54) is 31.4 Å². The van der Waals surface area contributed by atoms with Crippen molar-refractivity contribution < 1.29 is 9.34 Å². The highest BCUT2D eigenvalue weighted by Gasteiger charge is 2.31. The number of hydrogen-bond donors (Lipinski definition) is 1. The Kier molecular flexibility index (Phi) is 2.66. The Morgan fingerprint density at radius 3 is 2.95 bits per heavy atom. The molecule has 0 radical (unpaired) electrons. The number of fused-ring (bicyclic) bond motifs is 1. The van der Waals surface area contributed by atoms with Crippen LogP contribution in [-0.2, 0) is 0 Å². The number of oxazole rings is 1. The third-order valence-electron chi connectivity index (χ3n) is 3.81. The lowest BCUT2D eigenvalue weighted by Gasteiger charge is -2.38. The van der Waals surface area contributed by atoms with Crippen molar-refractivity contribution in [3.8, 4) is 0 Å². The highest BCUT2D eigenvalue weighted by molar-refractivity contribution is 5.77. The minimum absolute atomic E-state index is 0.0150. The fourth-order valence-electron chi connectivity index (χ4n) is 2.35. The Bertz CT molecular complexity index is 631. The summed E-state index contributed by atoms with van der Waals surface area (Å²) >= 11 is 0. The van der Waals surface area contributed by atoms with Gasteiger partial charge in [-0.05, 0) is 24.3 Å². The van der Waals surface area contributed by atoms with Crippen molar-refractivity contribution in [1.29, 1.82) is 0 Å². The van der Waals surface area contributed by atoms with Gasteiger partial charge in [0.2, 0.25) is 0 Å². The maximum atomic E-state index is 10.7. The first-order valence-electron chi connectivity index (χ1n) is 6.35. The summed E-state index contributed by atoms with van der Waals surface area (Å²) in [6.07, 6.45) is 3.70. The van der Waals surface area contributed by atoms with Crippen LogP contribution >= 0.6 is 0 Å². The second-order valence-corrected chi connectivity index (χ2v) is 5.45. The second kappa shape index (κ2) is 4.22. The summed E-state index contributed by atoms with van der Waals surface area (Å²) in [5, 5.41) is 13.9. The van der Waals surface area contributed by atoms with Crippen LogP contribution in [0, 0.1) is 15.5 Å². The minimum Gasteiger partial charge on any atom is -0.423 e. The van der Waals surface area contributed by atoms with Crippen molar-refractivity contribution in [2.45, 2.75) is 26.2 Å². The Morgan fingerprint density at radius 1 is 1.53 bits per heavy atom. The molecule has 0 bridgehead atoms. The fourth-order valence-corrected chi connectivity index (χ4v) is 2.35. The minimum atomic E-state index is -0.440. The van der Waals surface area contributed by atoms with Gasteiger partial charge in [0, 0.05) is 12.6 Å². The molecule has 19 heavy (non-hydrogen) atoms. The number of nitro benzene ring substituents is 1. The van der Waals surface area contributed by atoms with E-state index in [-0.39, 0.29) is 5.69 Å². The van der Waals surface area contributed by atoms with Gasteiger partial charge < -0.3 is 9.73 Å². The third-order valence-corrected chi connectivity index (χ3v) is 3.81. The Labute approximate surface area is 110 Å². The smallest absolute Gasteiger partial charge is 0.295 e. The van der Waals surface area contributed by atoms with Gasteiger partial charge in [0.15, 0.2) is 5.58 Å². The molecule has 1 aliphatic carbocycles. The van der Waals surface area contributed by atoms with E-state index in [4.69, 9.17) is 4.42 Å². The Balaban J connectivity index is 1.79. The molecule has 0 atom stereocenters. The monoisotopic (exact) mass is 261 g/mol. The summed E-state index contributed by atoms with van der Waals surface area (Å²) in [4.78, 5) is 14.5. The average Bonchev–Trinajstić information content (AvgIpc) is 2.75. The van der Waals surface area contributed by atoms with E-state index in [9.17, 15) is 10.1 Å². The highest BCUT2D eigenvalue weighted by atomic mass is 16.6. The number of non-ortho nitro benzene ring substituents is 1. The SMILES string of the molecule is CC1(CNc2nc3ccc([N+](=O)[O-])cc3o2)CCC1. The molecule has 100 valence electrons. The molecule has 0 spiro atoms. The average molecular weight is 261 g/mol. The highest BCUT2D eigenvalue weighted by Crippen LogP contribution is 2.40. The summed E-state index contributed by atoms with van der Waals surface area (Å²) in [7, 11) is 0. The van der Waals surface area contributed by atoms with Gasteiger partial charge in [0.05, 0.1) is 11.0 Å². The lowest BCUT2D eigenvalue weighted by molar-refractivity contribution is -0.384. The van der Waals surface area contributed by atoms with Crippen molar-refractivity contribution in [2.75, 3.05) is 11.9 Å². The molecule has 1 aliphatic rings. The van der Waals surface area contributed by atoms with Gasteiger partial charge in [-0.3, -0.25) is 10.1 Å². The van der Waals surface area contributed by atoms with Crippen molar-refractivity contribution >= 4 is 22.8 Å². The molecular weight excluding hydrogens is 246 g/mol. The van der Waals surface area contributed by atoms with Gasteiger partial charge in [-0.25, -0.2) is 0 Å². The van der Waals surface area contributed by atoms with Gasteiger partial charge in [-0.1, -0.05) is 13.3 Å². The van der Waals surface area contributed by atoms with E-state index in [2.05, 4.69) is 17.2 Å². The zero-order valence-electron chi connectivity index (χ0n) is 10.7. The molecule has 1 aromatic carbocycles. The lowest BCUT2D eigenvalue weighted by Crippen LogP contribution is -2.33. The van der Waals surface area contributed by atoms with Gasteiger partial charge >= 0.3 is 0 Å². The number of hydrogen-bond acceptors (Lipinski definition) is 5. The Morgan fingerprint density at radius 2 is 2.32 bits per heavy atom. The predicted molar refractivity (Wildman–Crippen MR) is 71.1 cm³/mol. The lowest BCUT2D eigenvalue weighted by atomic mass is 9.70. The molecule has 6 heteroatoms. The molecule has 6 nitrogen and oxygen atoms in total. The molecule has 1 N–H and O–H groups in total. The fraction of sp³-hybridized carbons (Fsp3) is 0.462. The zero-order chi connectivity index (χ0) is 13.5. The Hall–Kier alpha value is -2.11. The summed E-state index contributed by atoms with van der Waals surface area (Å²) in [6, 6.07) is 4.87. The van der Waals surface area contributed by atoms with Crippen LogP contribution in [-0.4, -0.2) is 16.5 Å². The van der Waals surface area contributed by atoms with Crippen molar-refractivity contribution in [1.82, 2.24) is 4.98 Å². The number of rotatable bonds is 4. The first kappa shape index (κ1) is 12.0. The van der Waals surface area contributed by atoms with E-state index >= 15 is 0 Å². The number of nitrogens with one attached hydrogen (secondary N) is 1. The molecule has 1 aromatic heterocycles. The van der Waals surface area contributed by atoms with E-state index in [0.29, 0.717) is 22.5 Å². The maximum absolute atomic E-state index is 10.7.